The predicted octanol–water partition coefficient (Wildman–Crippen LogP) is 2.70. The maximum atomic E-state index is 11.5. The second kappa shape index (κ2) is 5.34. The third-order valence-electron chi connectivity index (χ3n) is 4.97. The fourth-order valence-corrected chi connectivity index (χ4v) is 3.44. The summed E-state index contributed by atoms with van der Waals surface area (Å²) >= 11 is 0. The van der Waals surface area contributed by atoms with E-state index in [1.165, 1.54) is 5.57 Å². The lowest BCUT2D eigenvalue weighted by Crippen LogP contribution is -2.64. The van der Waals surface area contributed by atoms with Crippen molar-refractivity contribution in [1.29, 1.82) is 5.26 Å². The molecule has 2 unspecified atom stereocenters. The quantitative estimate of drug-likeness (QED) is 0.754. The van der Waals surface area contributed by atoms with Gasteiger partial charge < -0.3 is 10.0 Å². The van der Waals surface area contributed by atoms with Crippen LogP contribution in [-0.2, 0) is 0 Å². The molecule has 2 fully saturated rings. The molecule has 0 saturated carbocycles. The van der Waals surface area contributed by atoms with Crippen molar-refractivity contribution in [3.8, 4) is 6.07 Å². The number of carbonyl (C=O) groups is 1. The summed E-state index contributed by atoms with van der Waals surface area (Å²) in [7, 11) is 0. The summed E-state index contributed by atoms with van der Waals surface area (Å²) in [5, 5.41) is 18.1. The van der Waals surface area contributed by atoms with Gasteiger partial charge in [0.05, 0.1) is 6.07 Å². The van der Waals surface area contributed by atoms with Crippen molar-refractivity contribution in [3.05, 3.63) is 11.6 Å². The van der Waals surface area contributed by atoms with E-state index in [-0.39, 0.29) is 17.0 Å². The Bertz CT molecular complexity index is 493. The van der Waals surface area contributed by atoms with E-state index in [0.29, 0.717) is 6.54 Å². The zero-order valence-electron chi connectivity index (χ0n) is 13.4. The van der Waals surface area contributed by atoms with Crippen molar-refractivity contribution >= 4 is 6.09 Å². The van der Waals surface area contributed by atoms with Crippen molar-refractivity contribution in [2.24, 2.45) is 5.41 Å². The number of hydrogen-bond acceptors (Lipinski definition) is 3. The summed E-state index contributed by atoms with van der Waals surface area (Å²) < 4.78 is 0. The molecule has 5 nitrogen and oxygen atoms in total. The summed E-state index contributed by atoms with van der Waals surface area (Å²) in [5.41, 5.74) is 1.12. The van der Waals surface area contributed by atoms with Gasteiger partial charge >= 0.3 is 6.09 Å². The van der Waals surface area contributed by atoms with Crippen molar-refractivity contribution < 1.29 is 9.90 Å². The Morgan fingerprint density at radius 3 is 2.57 bits per heavy atom. The molecular formula is C16H25N3O2. The average molecular weight is 291 g/mol. The predicted molar refractivity (Wildman–Crippen MR) is 80.9 cm³/mol. The number of carboxylic acid groups (broad SMARTS) is 1. The summed E-state index contributed by atoms with van der Waals surface area (Å²) in [6.45, 7) is 10.8. The number of amides is 1. The van der Waals surface area contributed by atoms with E-state index in [2.05, 4.69) is 38.7 Å². The number of hydrogen-bond donors (Lipinski definition) is 1. The van der Waals surface area contributed by atoms with Gasteiger partial charge in [-0.15, -0.1) is 0 Å². The van der Waals surface area contributed by atoms with Crippen LogP contribution in [0, 0.1) is 16.7 Å². The van der Waals surface area contributed by atoms with Crippen LogP contribution in [0.5, 0.6) is 0 Å². The Labute approximate surface area is 126 Å². The first-order valence-corrected chi connectivity index (χ1v) is 7.49. The number of allylic oxidation sites excluding steroid dienone is 1. The molecule has 2 aliphatic heterocycles. The molecule has 0 spiro atoms. The van der Waals surface area contributed by atoms with Crippen LogP contribution in [0.4, 0.5) is 4.79 Å². The molecule has 1 amide bonds. The Balaban J connectivity index is 2.13. The molecular weight excluding hydrogens is 266 g/mol. The van der Waals surface area contributed by atoms with Gasteiger partial charge in [0.1, 0.15) is 0 Å². The molecule has 0 radical (unpaired) electrons. The molecule has 2 atom stereocenters. The Kier molecular flexibility index (Phi) is 4.03. The van der Waals surface area contributed by atoms with Crippen LogP contribution in [0.3, 0.4) is 0 Å². The number of nitriles is 1. The molecule has 1 N–H and O–H groups in total. The Morgan fingerprint density at radius 1 is 1.48 bits per heavy atom. The van der Waals surface area contributed by atoms with Gasteiger partial charge in [0.25, 0.3) is 0 Å². The Morgan fingerprint density at radius 2 is 2.10 bits per heavy atom. The molecule has 2 heterocycles. The van der Waals surface area contributed by atoms with Gasteiger partial charge in [-0.05, 0) is 30.8 Å². The van der Waals surface area contributed by atoms with Crippen LogP contribution in [-0.4, -0.2) is 52.2 Å². The first-order chi connectivity index (χ1) is 9.67. The third-order valence-corrected chi connectivity index (χ3v) is 4.97. The van der Waals surface area contributed by atoms with E-state index in [4.69, 9.17) is 5.26 Å². The molecule has 0 aromatic carbocycles. The maximum Gasteiger partial charge on any atom is 0.407 e. The molecule has 0 aromatic rings. The largest absolute Gasteiger partial charge is 0.465 e. The molecule has 0 bridgehead atoms. The van der Waals surface area contributed by atoms with Crippen molar-refractivity contribution in [2.45, 2.75) is 52.1 Å². The minimum atomic E-state index is -0.814. The second-order valence-corrected chi connectivity index (χ2v) is 7.60. The SMILES string of the molecule is CC(C)(C)C1CC(C)(N2CC(=CC#N)C2)CCN1C(=O)O. The molecule has 21 heavy (non-hydrogen) atoms. The number of nitrogens with zero attached hydrogens (tertiary/aromatic N) is 3. The zero-order chi connectivity index (χ0) is 15.8. The minimum absolute atomic E-state index is 0.0245. The van der Waals surface area contributed by atoms with Crippen LogP contribution >= 0.6 is 0 Å². The van der Waals surface area contributed by atoms with Gasteiger partial charge in [-0.2, -0.15) is 5.26 Å². The fourth-order valence-electron chi connectivity index (χ4n) is 3.44. The first-order valence-electron chi connectivity index (χ1n) is 7.49. The van der Waals surface area contributed by atoms with E-state index in [9.17, 15) is 9.90 Å². The highest BCUT2D eigenvalue weighted by Crippen LogP contribution is 2.41. The minimum Gasteiger partial charge on any atom is -0.465 e. The zero-order valence-corrected chi connectivity index (χ0v) is 13.4. The van der Waals surface area contributed by atoms with Gasteiger partial charge in [-0.3, -0.25) is 4.90 Å². The van der Waals surface area contributed by atoms with E-state index in [1.54, 1.807) is 11.0 Å². The number of rotatable bonds is 1. The van der Waals surface area contributed by atoms with Gasteiger partial charge in [-0.1, -0.05) is 20.8 Å². The van der Waals surface area contributed by atoms with Gasteiger partial charge in [-0.25, -0.2) is 4.79 Å². The van der Waals surface area contributed by atoms with Gasteiger partial charge in [0.2, 0.25) is 0 Å². The highest BCUT2D eigenvalue weighted by molar-refractivity contribution is 5.65. The lowest BCUT2D eigenvalue weighted by molar-refractivity contribution is -0.0312. The lowest BCUT2D eigenvalue weighted by atomic mass is 9.72. The summed E-state index contributed by atoms with van der Waals surface area (Å²) in [4.78, 5) is 15.5. The van der Waals surface area contributed by atoms with Crippen LogP contribution in [0.25, 0.3) is 0 Å². The smallest absolute Gasteiger partial charge is 0.407 e. The molecule has 2 aliphatic rings. The summed E-state index contributed by atoms with van der Waals surface area (Å²) in [5.74, 6) is 0. The van der Waals surface area contributed by atoms with Crippen molar-refractivity contribution in [2.75, 3.05) is 19.6 Å². The maximum absolute atomic E-state index is 11.5. The molecule has 2 rings (SSSR count). The van der Waals surface area contributed by atoms with E-state index >= 15 is 0 Å². The normalized spacial score (nSPS) is 30.5. The van der Waals surface area contributed by atoms with Crippen LogP contribution in [0.15, 0.2) is 11.6 Å². The highest BCUT2D eigenvalue weighted by Gasteiger charge is 2.47. The fraction of sp³-hybridized carbons (Fsp3) is 0.750. The molecule has 2 saturated heterocycles. The van der Waals surface area contributed by atoms with E-state index in [1.807, 2.05) is 0 Å². The monoisotopic (exact) mass is 291 g/mol. The van der Waals surface area contributed by atoms with Crippen LogP contribution in [0.2, 0.25) is 0 Å². The Hall–Kier alpha value is -1.54. The highest BCUT2D eigenvalue weighted by atomic mass is 16.4. The molecule has 116 valence electrons. The van der Waals surface area contributed by atoms with E-state index < -0.39 is 6.09 Å². The van der Waals surface area contributed by atoms with Crippen LogP contribution in [0.1, 0.15) is 40.5 Å². The van der Waals surface area contributed by atoms with E-state index in [0.717, 1.165) is 25.9 Å². The average Bonchev–Trinajstić information content (AvgIpc) is 2.31. The third kappa shape index (κ3) is 3.06. The van der Waals surface area contributed by atoms with Gasteiger partial charge in [0.15, 0.2) is 0 Å². The lowest BCUT2D eigenvalue weighted by Gasteiger charge is -2.55. The number of piperidine rings is 1. The molecule has 0 aliphatic carbocycles. The first kappa shape index (κ1) is 15.8. The second-order valence-electron chi connectivity index (χ2n) is 7.60. The van der Waals surface area contributed by atoms with Crippen LogP contribution < -0.4 is 0 Å². The topological polar surface area (TPSA) is 67.6 Å². The van der Waals surface area contributed by atoms with Gasteiger partial charge in [0, 0.05) is 37.3 Å². The van der Waals surface area contributed by atoms with Crippen molar-refractivity contribution in [1.82, 2.24) is 9.80 Å². The molecule has 0 aromatic heterocycles. The summed E-state index contributed by atoms with van der Waals surface area (Å²) in [6, 6.07) is 2.11. The molecule has 5 heteroatoms. The van der Waals surface area contributed by atoms with Crippen molar-refractivity contribution in [3.63, 3.8) is 0 Å². The number of likely N-dealkylation sites (tertiary alicyclic amines) is 2. The standard InChI is InChI=1S/C16H25N3O2/c1-15(2,3)13-9-16(4,6-8-19(13)14(20)21)18-10-12(11-18)5-7-17/h5,13H,6,8-11H2,1-4H3,(H,20,21). The summed E-state index contributed by atoms with van der Waals surface area (Å²) in [6.07, 6.45) is 2.52.